The molecule has 2 rings (SSSR count). The Morgan fingerprint density at radius 2 is 2.05 bits per heavy atom. The smallest absolute Gasteiger partial charge is 0.251 e. The van der Waals surface area contributed by atoms with Gasteiger partial charge in [0.2, 0.25) is 0 Å². The summed E-state index contributed by atoms with van der Waals surface area (Å²) < 4.78 is 22.9. The van der Waals surface area contributed by atoms with Gasteiger partial charge in [-0.15, -0.1) is 0 Å². The Hall–Kier alpha value is -1.36. The summed E-state index contributed by atoms with van der Waals surface area (Å²) in [5.74, 6) is 0.456. The first-order chi connectivity index (χ1) is 8.86. The van der Waals surface area contributed by atoms with E-state index >= 15 is 0 Å². The number of hydrogen-bond acceptors (Lipinski definition) is 3. The summed E-state index contributed by atoms with van der Waals surface area (Å²) in [6, 6.07) is 6.39. The average molecular weight is 281 g/mol. The molecule has 1 amide bonds. The van der Waals surface area contributed by atoms with E-state index < -0.39 is 9.84 Å². The SMILES string of the molecule is CC1CCC(NC(=O)c2cccc(S(C)(=O)=O)c2)C1. The van der Waals surface area contributed by atoms with Crippen LogP contribution in [0.3, 0.4) is 0 Å². The fraction of sp³-hybridized carbons (Fsp3) is 0.500. The average Bonchev–Trinajstić information content (AvgIpc) is 2.74. The molecule has 104 valence electrons. The molecule has 5 heteroatoms. The van der Waals surface area contributed by atoms with Gasteiger partial charge in [0.1, 0.15) is 0 Å². The first-order valence-electron chi connectivity index (χ1n) is 6.47. The highest BCUT2D eigenvalue weighted by atomic mass is 32.2. The van der Waals surface area contributed by atoms with Gasteiger partial charge in [-0.3, -0.25) is 4.79 Å². The Morgan fingerprint density at radius 1 is 1.32 bits per heavy atom. The Labute approximate surface area is 114 Å². The van der Waals surface area contributed by atoms with Crippen molar-refractivity contribution in [1.29, 1.82) is 0 Å². The molecule has 1 aliphatic carbocycles. The van der Waals surface area contributed by atoms with Gasteiger partial charge >= 0.3 is 0 Å². The van der Waals surface area contributed by atoms with Crippen LogP contribution in [0.4, 0.5) is 0 Å². The van der Waals surface area contributed by atoms with E-state index in [-0.39, 0.29) is 16.8 Å². The molecule has 1 aromatic rings. The topological polar surface area (TPSA) is 63.2 Å². The standard InChI is InChI=1S/C14H19NO3S/c1-10-6-7-12(8-10)15-14(16)11-4-3-5-13(9-11)19(2,17)18/h3-5,9-10,12H,6-8H2,1-2H3,(H,15,16). The van der Waals surface area contributed by atoms with Crippen LogP contribution in [0.5, 0.6) is 0 Å². The third-order valence-corrected chi connectivity index (χ3v) is 4.66. The zero-order valence-corrected chi connectivity index (χ0v) is 12.0. The van der Waals surface area contributed by atoms with E-state index in [1.165, 1.54) is 12.1 Å². The van der Waals surface area contributed by atoms with Crippen molar-refractivity contribution in [3.05, 3.63) is 29.8 Å². The molecule has 0 saturated heterocycles. The molecule has 0 aromatic heterocycles. The van der Waals surface area contributed by atoms with Crippen molar-refractivity contribution >= 4 is 15.7 Å². The van der Waals surface area contributed by atoms with Crippen LogP contribution in [0.25, 0.3) is 0 Å². The first kappa shape index (κ1) is 14.1. The number of amides is 1. The Bertz CT molecular complexity index is 580. The molecule has 1 N–H and O–H groups in total. The second kappa shape index (κ2) is 5.33. The van der Waals surface area contributed by atoms with E-state index in [9.17, 15) is 13.2 Å². The molecule has 1 aromatic carbocycles. The lowest BCUT2D eigenvalue weighted by atomic mass is 10.1. The second-order valence-corrected chi connectivity index (χ2v) is 7.40. The van der Waals surface area contributed by atoms with Crippen LogP contribution in [0.1, 0.15) is 36.5 Å². The van der Waals surface area contributed by atoms with Gasteiger partial charge in [-0.2, -0.15) is 0 Å². The molecule has 0 heterocycles. The number of hydrogen-bond donors (Lipinski definition) is 1. The fourth-order valence-corrected chi connectivity index (χ4v) is 3.14. The summed E-state index contributed by atoms with van der Waals surface area (Å²) in [6.45, 7) is 2.18. The van der Waals surface area contributed by atoms with Crippen molar-refractivity contribution in [2.75, 3.05) is 6.26 Å². The third-order valence-electron chi connectivity index (χ3n) is 3.55. The van der Waals surface area contributed by atoms with Gasteiger partial charge in [0, 0.05) is 17.9 Å². The number of benzene rings is 1. The molecule has 0 aliphatic heterocycles. The van der Waals surface area contributed by atoms with E-state index in [0.717, 1.165) is 25.5 Å². The Morgan fingerprint density at radius 3 is 2.63 bits per heavy atom. The number of carbonyl (C=O) groups is 1. The maximum absolute atomic E-state index is 12.1. The molecule has 0 spiro atoms. The third kappa shape index (κ3) is 3.56. The highest BCUT2D eigenvalue weighted by molar-refractivity contribution is 7.90. The summed E-state index contributed by atoms with van der Waals surface area (Å²) >= 11 is 0. The minimum Gasteiger partial charge on any atom is -0.349 e. The Balaban J connectivity index is 2.11. The predicted molar refractivity (Wildman–Crippen MR) is 73.8 cm³/mol. The van der Waals surface area contributed by atoms with Crippen LogP contribution >= 0.6 is 0 Å². The van der Waals surface area contributed by atoms with Crippen LogP contribution in [-0.2, 0) is 9.84 Å². The van der Waals surface area contributed by atoms with E-state index in [4.69, 9.17) is 0 Å². The van der Waals surface area contributed by atoms with Crippen molar-refractivity contribution in [3.8, 4) is 0 Å². The largest absolute Gasteiger partial charge is 0.349 e. The molecule has 1 saturated carbocycles. The lowest BCUT2D eigenvalue weighted by Crippen LogP contribution is -2.32. The van der Waals surface area contributed by atoms with Gasteiger partial charge in [0.25, 0.3) is 5.91 Å². The van der Waals surface area contributed by atoms with Crippen LogP contribution in [0.15, 0.2) is 29.2 Å². The summed E-state index contributed by atoms with van der Waals surface area (Å²) in [6.07, 6.45) is 4.27. The van der Waals surface area contributed by atoms with Crippen LogP contribution in [-0.4, -0.2) is 26.6 Å². The molecular formula is C14H19NO3S. The van der Waals surface area contributed by atoms with Crippen molar-refractivity contribution in [1.82, 2.24) is 5.32 Å². The molecular weight excluding hydrogens is 262 g/mol. The summed E-state index contributed by atoms with van der Waals surface area (Å²) in [5, 5.41) is 2.97. The van der Waals surface area contributed by atoms with Gasteiger partial charge in [0.05, 0.1) is 4.90 Å². The van der Waals surface area contributed by atoms with Crippen LogP contribution < -0.4 is 5.32 Å². The molecule has 2 atom stereocenters. The van der Waals surface area contributed by atoms with Crippen molar-refractivity contribution < 1.29 is 13.2 Å². The zero-order chi connectivity index (χ0) is 14.0. The number of rotatable bonds is 3. The number of carbonyl (C=O) groups excluding carboxylic acids is 1. The minimum atomic E-state index is -3.27. The molecule has 4 nitrogen and oxygen atoms in total. The summed E-state index contributed by atoms with van der Waals surface area (Å²) in [4.78, 5) is 12.3. The van der Waals surface area contributed by atoms with Crippen molar-refractivity contribution in [2.45, 2.75) is 37.1 Å². The lowest BCUT2D eigenvalue weighted by Gasteiger charge is -2.12. The van der Waals surface area contributed by atoms with Crippen molar-refractivity contribution in [3.63, 3.8) is 0 Å². The molecule has 1 fully saturated rings. The number of sulfone groups is 1. The van der Waals surface area contributed by atoms with Gasteiger partial charge in [0.15, 0.2) is 9.84 Å². The quantitative estimate of drug-likeness (QED) is 0.921. The monoisotopic (exact) mass is 281 g/mol. The molecule has 1 aliphatic rings. The lowest BCUT2D eigenvalue weighted by molar-refractivity contribution is 0.0937. The molecule has 19 heavy (non-hydrogen) atoms. The van der Waals surface area contributed by atoms with E-state index in [1.807, 2.05) is 0 Å². The maximum atomic E-state index is 12.1. The summed E-state index contributed by atoms with van der Waals surface area (Å²) in [5.41, 5.74) is 0.405. The minimum absolute atomic E-state index is 0.180. The highest BCUT2D eigenvalue weighted by Gasteiger charge is 2.23. The van der Waals surface area contributed by atoms with Crippen LogP contribution in [0, 0.1) is 5.92 Å². The first-order valence-corrected chi connectivity index (χ1v) is 8.36. The van der Waals surface area contributed by atoms with Gasteiger partial charge in [-0.05, 0) is 43.4 Å². The zero-order valence-electron chi connectivity index (χ0n) is 11.2. The van der Waals surface area contributed by atoms with Gasteiger partial charge < -0.3 is 5.32 Å². The summed E-state index contributed by atoms with van der Waals surface area (Å²) in [7, 11) is -3.27. The molecule has 2 unspecified atom stereocenters. The van der Waals surface area contributed by atoms with E-state index in [2.05, 4.69) is 12.2 Å². The van der Waals surface area contributed by atoms with Crippen LogP contribution in [0.2, 0.25) is 0 Å². The molecule has 0 bridgehead atoms. The molecule has 0 radical (unpaired) electrons. The predicted octanol–water partition coefficient (Wildman–Crippen LogP) is 2.01. The second-order valence-electron chi connectivity index (χ2n) is 5.39. The Kier molecular flexibility index (Phi) is 3.94. The van der Waals surface area contributed by atoms with E-state index in [0.29, 0.717) is 11.5 Å². The van der Waals surface area contributed by atoms with E-state index in [1.54, 1.807) is 12.1 Å². The normalized spacial score (nSPS) is 23.3. The maximum Gasteiger partial charge on any atom is 0.251 e. The van der Waals surface area contributed by atoms with Gasteiger partial charge in [-0.1, -0.05) is 13.0 Å². The van der Waals surface area contributed by atoms with Gasteiger partial charge in [-0.25, -0.2) is 8.42 Å². The number of nitrogens with one attached hydrogen (secondary N) is 1. The van der Waals surface area contributed by atoms with Crippen molar-refractivity contribution in [2.24, 2.45) is 5.92 Å². The highest BCUT2D eigenvalue weighted by Crippen LogP contribution is 2.24. The fourth-order valence-electron chi connectivity index (χ4n) is 2.47.